The molecule has 0 radical (unpaired) electrons. The van der Waals surface area contributed by atoms with E-state index in [1.165, 1.54) is 14.0 Å². The van der Waals surface area contributed by atoms with Crippen molar-refractivity contribution in [3.8, 4) is 11.5 Å². The highest BCUT2D eigenvalue weighted by atomic mass is 16.5. The van der Waals surface area contributed by atoms with E-state index in [0.29, 0.717) is 17.1 Å². The van der Waals surface area contributed by atoms with Gasteiger partial charge in [-0.05, 0) is 37.6 Å². The molecule has 0 aliphatic heterocycles. The van der Waals surface area contributed by atoms with Crippen LogP contribution < -0.4 is 9.47 Å². The predicted molar refractivity (Wildman–Crippen MR) is 89.2 cm³/mol. The van der Waals surface area contributed by atoms with Crippen LogP contribution in [0.1, 0.15) is 18.1 Å². The summed E-state index contributed by atoms with van der Waals surface area (Å²) in [4.78, 5) is 15.5. The molecule has 0 unspecified atom stereocenters. The van der Waals surface area contributed by atoms with E-state index in [0.717, 1.165) is 11.3 Å². The van der Waals surface area contributed by atoms with E-state index >= 15 is 0 Å². The maximum Gasteiger partial charge on any atom is 0.344 e. The number of carbonyl (C=O) groups is 1. The lowest BCUT2D eigenvalue weighted by atomic mass is 10.2. The topological polar surface area (TPSA) is 68.1 Å². The van der Waals surface area contributed by atoms with Gasteiger partial charge in [-0.2, -0.15) is 0 Å². The van der Waals surface area contributed by atoms with Crippen molar-refractivity contribution in [1.29, 1.82) is 0 Å². The lowest BCUT2D eigenvalue weighted by Crippen LogP contribution is -2.23. The molecular weight excluding hydrogens is 294 g/mol. The minimum absolute atomic E-state index is 0.363. The maximum atomic E-state index is 11.0. The average Bonchev–Trinajstić information content (AvgIpc) is 2.54. The first-order chi connectivity index (χ1) is 11.0. The van der Waals surface area contributed by atoms with Crippen molar-refractivity contribution in [2.24, 2.45) is 4.99 Å². The summed E-state index contributed by atoms with van der Waals surface area (Å²) in [6.07, 6.45) is 0.659. The molecule has 0 fully saturated rings. The Hall–Kier alpha value is -2.82. The number of para-hydroxylation sites is 2. The van der Waals surface area contributed by atoms with Gasteiger partial charge < -0.3 is 14.6 Å². The quantitative estimate of drug-likeness (QED) is 0.827. The maximum absolute atomic E-state index is 11.0. The fourth-order valence-corrected chi connectivity index (χ4v) is 2.00. The second kappa shape index (κ2) is 7.45. The number of carboxylic acid groups (broad SMARTS) is 1. The first kappa shape index (κ1) is 16.5. The minimum Gasteiger partial charge on any atom is -0.493 e. The van der Waals surface area contributed by atoms with Crippen LogP contribution in [0.4, 0.5) is 5.69 Å². The van der Waals surface area contributed by atoms with Crippen LogP contribution in [-0.2, 0) is 4.79 Å². The summed E-state index contributed by atoms with van der Waals surface area (Å²) in [5.41, 5.74) is 2.54. The fraction of sp³-hybridized carbons (Fsp3) is 0.222. The Morgan fingerprint density at radius 2 is 1.96 bits per heavy atom. The Morgan fingerprint density at radius 1 is 1.22 bits per heavy atom. The third kappa shape index (κ3) is 4.10. The number of nitrogens with zero attached hydrogens (tertiary/aromatic N) is 1. The molecular formula is C18H19NO4. The molecule has 0 heterocycles. The summed E-state index contributed by atoms with van der Waals surface area (Å²) < 4.78 is 10.8. The summed E-state index contributed by atoms with van der Waals surface area (Å²) in [6, 6.07) is 13.1. The highest BCUT2D eigenvalue weighted by Crippen LogP contribution is 2.31. The third-order valence-corrected chi connectivity index (χ3v) is 3.33. The van der Waals surface area contributed by atoms with E-state index in [1.807, 2.05) is 31.2 Å². The molecule has 0 aliphatic carbocycles. The van der Waals surface area contributed by atoms with Crippen molar-refractivity contribution in [1.82, 2.24) is 0 Å². The molecule has 5 nitrogen and oxygen atoms in total. The molecule has 0 bridgehead atoms. The summed E-state index contributed by atoms with van der Waals surface area (Å²) in [7, 11) is 1.51. The number of hydrogen-bond donors (Lipinski definition) is 1. The molecule has 2 rings (SSSR count). The molecule has 2 aromatic carbocycles. The molecule has 2 aromatic rings. The minimum atomic E-state index is -1.04. The number of methoxy groups -OCH3 is 1. The molecule has 0 spiro atoms. The Kier molecular flexibility index (Phi) is 5.36. The molecule has 1 N–H and O–H groups in total. The van der Waals surface area contributed by atoms with Crippen molar-refractivity contribution in [3.05, 3.63) is 53.6 Å². The molecule has 120 valence electrons. The number of aryl methyl sites for hydroxylation is 1. The van der Waals surface area contributed by atoms with Gasteiger partial charge in [0.15, 0.2) is 17.6 Å². The summed E-state index contributed by atoms with van der Waals surface area (Å²) in [5.74, 6) is -0.216. The lowest BCUT2D eigenvalue weighted by Gasteiger charge is -2.15. The second-order valence-corrected chi connectivity index (χ2v) is 5.02. The molecule has 0 saturated carbocycles. The van der Waals surface area contributed by atoms with Crippen LogP contribution in [0.25, 0.3) is 0 Å². The molecule has 0 amide bonds. The van der Waals surface area contributed by atoms with E-state index in [9.17, 15) is 4.79 Å². The highest BCUT2D eigenvalue weighted by Gasteiger charge is 2.17. The van der Waals surface area contributed by atoms with Gasteiger partial charge in [0.1, 0.15) is 0 Å². The Labute approximate surface area is 135 Å². The zero-order valence-corrected chi connectivity index (χ0v) is 13.3. The number of benzene rings is 2. The van der Waals surface area contributed by atoms with Crippen LogP contribution in [0.2, 0.25) is 0 Å². The van der Waals surface area contributed by atoms with Gasteiger partial charge in [0, 0.05) is 11.8 Å². The van der Waals surface area contributed by atoms with Gasteiger partial charge in [0.05, 0.1) is 12.8 Å². The monoisotopic (exact) mass is 313 g/mol. The second-order valence-electron chi connectivity index (χ2n) is 5.02. The van der Waals surface area contributed by atoms with Crippen LogP contribution >= 0.6 is 0 Å². The van der Waals surface area contributed by atoms with E-state index in [2.05, 4.69) is 4.99 Å². The van der Waals surface area contributed by atoms with Crippen molar-refractivity contribution < 1.29 is 19.4 Å². The van der Waals surface area contributed by atoms with Crippen molar-refractivity contribution in [3.63, 3.8) is 0 Å². The van der Waals surface area contributed by atoms with E-state index in [1.54, 1.807) is 24.4 Å². The van der Waals surface area contributed by atoms with E-state index in [4.69, 9.17) is 14.6 Å². The molecule has 1 atom stereocenters. The molecule has 0 aliphatic rings. The van der Waals surface area contributed by atoms with Gasteiger partial charge >= 0.3 is 5.97 Å². The van der Waals surface area contributed by atoms with Gasteiger partial charge in [0.2, 0.25) is 0 Å². The van der Waals surface area contributed by atoms with E-state index < -0.39 is 12.1 Å². The largest absolute Gasteiger partial charge is 0.493 e. The summed E-state index contributed by atoms with van der Waals surface area (Å²) in [5, 5.41) is 9.04. The molecule has 23 heavy (non-hydrogen) atoms. The highest BCUT2D eigenvalue weighted by molar-refractivity contribution is 5.87. The fourth-order valence-electron chi connectivity index (χ4n) is 2.00. The zero-order chi connectivity index (χ0) is 16.8. The first-order valence-corrected chi connectivity index (χ1v) is 7.19. The average molecular weight is 313 g/mol. The number of ether oxygens (including phenoxy) is 2. The number of rotatable bonds is 6. The zero-order valence-electron chi connectivity index (χ0n) is 13.3. The Bertz CT molecular complexity index is 725. The SMILES string of the molecule is COc1cccc(C=Nc2ccccc2C)c1O[C@@H](C)C(=O)O. The number of aliphatic imine (C=N–C) groups is 1. The van der Waals surface area contributed by atoms with Crippen LogP contribution in [0.5, 0.6) is 11.5 Å². The van der Waals surface area contributed by atoms with Crippen LogP contribution in [-0.4, -0.2) is 30.5 Å². The number of carboxylic acids is 1. The normalized spacial score (nSPS) is 12.1. The van der Waals surface area contributed by atoms with Gasteiger partial charge in [-0.3, -0.25) is 4.99 Å². The van der Waals surface area contributed by atoms with E-state index in [-0.39, 0.29) is 0 Å². The van der Waals surface area contributed by atoms with Gasteiger partial charge in [0.25, 0.3) is 0 Å². The van der Waals surface area contributed by atoms with Gasteiger partial charge in [-0.25, -0.2) is 4.79 Å². The predicted octanol–water partition coefficient (Wildman–Crippen LogP) is 3.61. The summed E-state index contributed by atoms with van der Waals surface area (Å²) in [6.45, 7) is 3.44. The van der Waals surface area contributed by atoms with Crippen LogP contribution in [0.3, 0.4) is 0 Å². The Balaban J connectivity index is 2.38. The van der Waals surface area contributed by atoms with Crippen molar-refractivity contribution in [2.45, 2.75) is 20.0 Å². The third-order valence-electron chi connectivity index (χ3n) is 3.33. The van der Waals surface area contributed by atoms with Gasteiger partial charge in [-0.1, -0.05) is 24.3 Å². The van der Waals surface area contributed by atoms with Crippen LogP contribution in [0.15, 0.2) is 47.5 Å². The smallest absolute Gasteiger partial charge is 0.344 e. The van der Waals surface area contributed by atoms with Crippen LogP contribution in [0, 0.1) is 6.92 Å². The molecule has 0 aromatic heterocycles. The molecule has 0 saturated heterocycles. The summed E-state index contributed by atoms with van der Waals surface area (Å²) >= 11 is 0. The Morgan fingerprint density at radius 3 is 2.61 bits per heavy atom. The van der Waals surface area contributed by atoms with Crippen molar-refractivity contribution >= 4 is 17.9 Å². The lowest BCUT2D eigenvalue weighted by molar-refractivity contribution is -0.144. The number of hydrogen-bond acceptors (Lipinski definition) is 4. The van der Waals surface area contributed by atoms with Crippen molar-refractivity contribution in [2.75, 3.05) is 7.11 Å². The first-order valence-electron chi connectivity index (χ1n) is 7.19. The number of aliphatic carboxylic acids is 1. The molecule has 5 heteroatoms. The van der Waals surface area contributed by atoms with Gasteiger partial charge in [-0.15, -0.1) is 0 Å². The standard InChI is InChI=1S/C18H19NO4/c1-12-7-4-5-9-15(12)19-11-14-8-6-10-16(22-3)17(14)23-13(2)18(20)21/h4-11,13H,1-3H3,(H,20,21)/t13-/m0/s1.